The van der Waals surface area contributed by atoms with E-state index in [0.717, 1.165) is 5.92 Å². The van der Waals surface area contributed by atoms with Gasteiger partial charge in [-0.3, -0.25) is 0 Å². The van der Waals surface area contributed by atoms with Gasteiger partial charge < -0.3 is 10.1 Å². The lowest BCUT2D eigenvalue weighted by Gasteiger charge is -2.37. The lowest BCUT2D eigenvalue weighted by molar-refractivity contribution is -0.00939. The summed E-state index contributed by atoms with van der Waals surface area (Å²) in [6.45, 7) is 4.29. The molecule has 1 aliphatic carbocycles. The van der Waals surface area contributed by atoms with Crippen molar-refractivity contribution in [1.29, 1.82) is 0 Å². The highest BCUT2D eigenvalue weighted by molar-refractivity contribution is 5.35. The number of ether oxygens (including phenoxy) is 1. The van der Waals surface area contributed by atoms with Gasteiger partial charge in [-0.15, -0.1) is 0 Å². The monoisotopic (exact) mass is 247 g/mol. The van der Waals surface area contributed by atoms with Crippen LogP contribution in [0.25, 0.3) is 0 Å². The van der Waals surface area contributed by atoms with Crippen molar-refractivity contribution >= 4 is 0 Å². The van der Waals surface area contributed by atoms with Crippen molar-refractivity contribution in [3.63, 3.8) is 0 Å². The van der Waals surface area contributed by atoms with E-state index in [4.69, 9.17) is 4.74 Å². The summed E-state index contributed by atoms with van der Waals surface area (Å²) in [7, 11) is 3.80. The topological polar surface area (TPSA) is 21.3 Å². The van der Waals surface area contributed by atoms with Crippen LogP contribution in [0.15, 0.2) is 24.3 Å². The highest BCUT2D eigenvalue weighted by atomic mass is 16.5. The van der Waals surface area contributed by atoms with Crippen molar-refractivity contribution in [1.82, 2.24) is 5.32 Å². The molecule has 2 rings (SSSR count). The SMILES string of the molecule is CNC(c1ccccc1C1CCC1)C(C)(C)OC. The van der Waals surface area contributed by atoms with Crippen LogP contribution in [0.2, 0.25) is 0 Å². The number of hydrogen-bond acceptors (Lipinski definition) is 2. The van der Waals surface area contributed by atoms with Crippen LogP contribution >= 0.6 is 0 Å². The third-order valence-corrected chi connectivity index (χ3v) is 4.36. The molecule has 18 heavy (non-hydrogen) atoms. The Kier molecular flexibility index (Phi) is 4.08. The van der Waals surface area contributed by atoms with Crippen molar-refractivity contribution in [2.45, 2.75) is 50.7 Å². The van der Waals surface area contributed by atoms with Gasteiger partial charge in [0.05, 0.1) is 11.6 Å². The van der Waals surface area contributed by atoms with Gasteiger partial charge in [0.1, 0.15) is 0 Å². The molecule has 2 heteroatoms. The molecular formula is C16H25NO. The number of hydrogen-bond donors (Lipinski definition) is 1. The summed E-state index contributed by atoms with van der Waals surface area (Å²) < 4.78 is 5.67. The van der Waals surface area contributed by atoms with Crippen molar-refractivity contribution < 1.29 is 4.74 Å². The normalized spacial score (nSPS) is 18.4. The first-order valence-electron chi connectivity index (χ1n) is 6.91. The zero-order chi connectivity index (χ0) is 13.2. The van der Waals surface area contributed by atoms with Gasteiger partial charge in [-0.25, -0.2) is 0 Å². The quantitative estimate of drug-likeness (QED) is 0.857. The van der Waals surface area contributed by atoms with Crippen LogP contribution in [0, 0.1) is 0 Å². The summed E-state index contributed by atoms with van der Waals surface area (Å²) in [5.74, 6) is 0.754. The van der Waals surface area contributed by atoms with Gasteiger partial charge >= 0.3 is 0 Å². The fraction of sp³-hybridized carbons (Fsp3) is 0.625. The zero-order valence-electron chi connectivity index (χ0n) is 12.0. The maximum atomic E-state index is 5.67. The van der Waals surface area contributed by atoms with E-state index in [2.05, 4.69) is 43.4 Å². The molecule has 0 amide bonds. The predicted molar refractivity (Wildman–Crippen MR) is 75.9 cm³/mol. The van der Waals surface area contributed by atoms with Gasteiger partial charge in [0.15, 0.2) is 0 Å². The summed E-state index contributed by atoms with van der Waals surface area (Å²) in [4.78, 5) is 0. The fourth-order valence-corrected chi connectivity index (χ4v) is 2.86. The van der Waals surface area contributed by atoms with E-state index in [1.165, 1.54) is 30.4 Å². The summed E-state index contributed by atoms with van der Waals surface area (Å²) in [5.41, 5.74) is 2.71. The van der Waals surface area contributed by atoms with Crippen LogP contribution in [0.1, 0.15) is 56.2 Å². The molecule has 0 bridgehead atoms. The first kappa shape index (κ1) is 13.6. The lowest BCUT2D eigenvalue weighted by Crippen LogP contribution is -2.40. The summed E-state index contributed by atoms with van der Waals surface area (Å²) in [5, 5.41) is 3.43. The van der Waals surface area contributed by atoms with Gasteiger partial charge in [0.25, 0.3) is 0 Å². The summed E-state index contributed by atoms with van der Waals surface area (Å²) >= 11 is 0. The Labute approximate surface area is 111 Å². The van der Waals surface area contributed by atoms with E-state index in [-0.39, 0.29) is 11.6 Å². The molecular weight excluding hydrogens is 222 g/mol. The Bertz CT molecular complexity index is 396. The molecule has 0 spiro atoms. The average Bonchev–Trinajstić information content (AvgIpc) is 2.30. The highest BCUT2D eigenvalue weighted by Gasteiger charge is 2.33. The molecule has 1 fully saturated rings. The maximum absolute atomic E-state index is 5.67. The van der Waals surface area contributed by atoms with Gasteiger partial charge in [-0.2, -0.15) is 0 Å². The number of methoxy groups -OCH3 is 1. The van der Waals surface area contributed by atoms with E-state index in [0.29, 0.717) is 0 Å². The minimum atomic E-state index is -0.200. The van der Waals surface area contributed by atoms with Gasteiger partial charge in [-0.1, -0.05) is 30.7 Å². The maximum Gasteiger partial charge on any atom is 0.0816 e. The third-order valence-electron chi connectivity index (χ3n) is 4.36. The minimum absolute atomic E-state index is 0.200. The first-order valence-corrected chi connectivity index (χ1v) is 6.91. The van der Waals surface area contributed by atoms with Crippen molar-refractivity contribution in [2.75, 3.05) is 14.2 Å². The third kappa shape index (κ3) is 2.45. The Hall–Kier alpha value is -0.860. The molecule has 0 aliphatic heterocycles. The van der Waals surface area contributed by atoms with Crippen molar-refractivity contribution in [2.24, 2.45) is 0 Å². The van der Waals surface area contributed by atoms with E-state index in [1.807, 2.05) is 7.05 Å². The van der Waals surface area contributed by atoms with Crippen LogP contribution in [0.4, 0.5) is 0 Å². The van der Waals surface area contributed by atoms with Crippen molar-refractivity contribution in [3.8, 4) is 0 Å². The number of nitrogens with one attached hydrogen (secondary N) is 1. The second-order valence-corrected chi connectivity index (χ2v) is 5.79. The molecule has 1 atom stereocenters. The van der Waals surface area contributed by atoms with Crippen LogP contribution < -0.4 is 5.32 Å². The molecule has 0 radical (unpaired) electrons. The van der Waals surface area contributed by atoms with E-state index in [9.17, 15) is 0 Å². The van der Waals surface area contributed by atoms with Crippen molar-refractivity contribution in [3.05, 3.63) is 35.4 Å². The molecule has 1 aromatic rings. The standard InChI is InChI=1S/C16H25NO/c1-16(2,18-4)15(17-3)14-11-6-5-10-13(14)12-8-7-9-12/h5-6,10-12,15,17H,7-9H2,1-4H3. The van der Waals surface area contributed by atoms with E-state index >= 15 is 0 Å². The Morgan fingerprint density at radius 3 is 2.44 bits per heavy atom. The van der Waals surface area contributed by atoms with Gasteiger partial charge in [-0.05, 0) is 50.8 Å². The smallest absolute Gasteiger partial charge is 0.0816 e. The second kappa shape index (κ2) is 5.41. The van der Waals surface area contributed by atoms with Crippen LogP contribution in [-0.4, -0.2) is 19.8 Å². The molecule has 0 saturated heterocycles. The largest absolute Gasteiger partial charge is 0.377 e. The predicted octanol–water partition coefficient (Wildman–Crippen LogP) is 3.64. The highest BCUT2D eigenvalue weighted by Crippen LogP contribution is 2.41. The fourth-order valence-electron chi connectivity index (χ4n) is 2.86. The summed E-state index contributed by atoms with van der Waals surface area (Å²) in [6, 6.07) is 9.06. The van der Waals surface area contributed by atoms with Crippen LogP contribution in [0.5, 0.6) is 0 Å². The molecule has 100 valence electrons. The van der Waals surface area contributed by atoms with Gasteiger partial charge in [0.2, 0.25) is 0 Å². The Morgan fingerprint density at radius 1 is 1.28 bits per heavy atom. The van der Waals surface area contributed by atoms with Crippen LogP contribution in [-0.2, 0) is 4.74 Å². The lowest BCUT2D eigenvalue weighted by atomic mass is 9.75. The average molecular weight is 247 g/mol. The minimum Gasteiger partial charge on any atom is -0.377 e. The molecule has 1 aliphatic rings. The van der Waals surface area contributed by atoms with E-state index < -0.39 is 0 Å². The number of rotatable bonds is 5. The number of benzene rings is 1. The summed E-state index contributed by atoms with van der Waals surface area (Å²) in [6.07, 6.45) is 4.04. The molecule has 2 nitrogen and oxygen atoms in total. The van der Waals surface area contributed by atoms with Gasteiger partial charge in [0, 0.05) is 7.11 Å². The Balaban J connectivity index is 2.35. The van der Waals surface area contributed by atoms with E-state index in [1.54, 1.807) is 7.11 Å². The molecule has 1 aromatic carbocycles. The molecule has 1 unspecified atom stereocenters. The molecule has 0 heterocycles. The first-order chi connectivity index (χ1) is 8.60. The zero-order valence-corrected chi connectivity index (χ0v) is 12.0. The molecule has 1 N–H and O–H groups in total. The molecule has 0 aromatic heterocycles. The van der Waals surface area contributed by atoms with Crippen LogP contribution in [0.3, 0.4) is 0 Å². The number of likely N-dealkylation sites (N-methyl/N-ethyl adjacent to an activating group) is 1. The Morgan fingerprint density at radius 2 is 1.94 bits per heavy atom. The second-order valence-electron chi connectivity index (χ2n) is 5.79. The molecule has 1 saturated carbocycles.